The highest BCUT2D eigenvalue weighted by molar-refractivity contribution is 5.61. The first-order chi connectivity index (χ1) is 13.7. The topological polar surface area (TPSA) is 84.4 Å². The Morgan fingerprint density at radius 1 is 1.11 bits per heavy atom. The molecule has 1 aliphatic rings. The summed E-state index contributed by atoms with van der Waals surface area (Å²) in [4.78, 5) is 11.3. The molecule has 0 bridgehead atoms. The van der Waals surface area contributed by atoms with E-state index in [1.54, 1.807) is 0 Å². The van der Waals surface area contributed by atoms with Crippen molar-refractivity contribution in [1.82, 2.24) is 24.5 Å². The number of benzene rings is 1. The van der Waals surface area contributed by atoms with Crippen LogP contribution in [0.1, 0.15) is 49.4 Å². The minimum atomic E-state index is 0.404. The lowest BCUT2D eigenvalue weighted by Gasteiger charge is -2.14. The molecule has 148 valence electrons. The van der Waals surface area contributed by atoms with E-state index in [9.17, 15) is 0 Å². The molecule has 0 amide bonds. The average molecular weight is 380 g/mol. The molecule has 28 heavy (non-hydrogen) atoms. The molecular formula is C21H29N7. The molecule has 7 heteroatoms. The molecule has 3 N–H and O–H groups in total. The molecule has 1 aliphatic heterocycles. The zero-order chi connectivity index (χ0) is 19.3. The quantitative estimate of drug-likeness (QED) is 0.585. The number of fused-ring (bicyclic) bond motifs is 1. The lowest BCUT2D eigenvalue weighted by Crippen LogP contribution is -2.18. The van der Waals surface area contributed by atoms with Crippen LogP contribution in [0.4, 0.5) is 11.8 Å². The third-order valence-corrected chi connectivity index (χ3v) is 5.29. The molecular weight excluding hydrogens is 350 g/mol. The lowest BCUT2D eigenvalue weighted by molar-refractivity contribution is 0.331. The van der Waals surface area contributed by atoms with Gasteiger partial charge in [0.25, 0.3) is 0 Å². The third kappa shape index (κ3) is 4.25. The van der Waals surface area contributed by atoms with Crippen LogP contribution in [0.2, 0.25) is 0 Å². The Kier molecular flexibility index (Phi) is 5.71. The van der Waals surface area contributed by atoms with Crippen LogP contribution in [0, 0.1) is 0 Å². The summed E-state index contributed by atoms with van der Waals surface area (Å²) in [5.74, 6) is 0.958. The van der Waals surface area contributed by atoms with Gasteiger partial charge >= 0.3 is 0 Å². The maximum absolute atomic E-state index is 6.09. The second-order valence-corrected chi connectivity index (χ2v) is 7.56. The van der Waals surface area contributed by atoms with E-state index in [4.69, 9.17) is 5.73 Å². The fourth-order valence-electron chi connectivity index (χ4n) is 3.69. The summed E-state index contributed by atoms with van der Waals surface area (Å²) >= 11 is 0. The van der Waals surface area contributed by atoms with Crippen molar-refractivity contribution >= 4 is 17.4 Å². The average Bonchev–Trinajstić information content (AvgIpc) is 3.34. The molecule has 7 nitrogen and oxygen atoms in total. The highest BCUT2D eigenvalue weighted by atomic mass is 15.3. The van der Waals surface area contributed by atoms with Crippen LogP contribution >= 0.6 is 0 Å². The second-order valence-electron chi connectivity index (χ2n) is 7.56. The molecule has 0 spiro atoms. The van der Waals surface area contributed by atoms with Crippen molar-refractivity contribution in [2.45, 2.75) is 45.6 Å². The lowest BCUT2D eigenvalue weighted by atomic mass is 10.1. The second kappa shape index (κ2) is 8.56. The van der Waals surface area contributed by atoms with Gasteiger partial charge in [-0.1, -0.05) is 37.6 Å². The number of imidazole rings is 1. The van der Waals surface area contributed by atoms with Gasteiger partial charge in [-0.15, -0.1) is 5.10 Å². The highest BCUT2D eigenvalue weighted by Crippen LogP contribution is 2.18. The van der Waals surface area contributed by atoms with Crippen LogP contribution in [0.25, 0.3) is 5.65 Å². The summed E-state index contributed by atoms with van der Waals surface area (Å²) in [6.45, 7) is 6.49. The Morgan fingerprint density at radius 3 is 2.61 bits per heavy atom. The zero-order valence-electron chi connectivity index (χ0n) is 16.6. The monoisotopic (exact) mass is 379 g/mol. The van der Waals surface area contributed by atoms with Gasteiger partial charge in [-0.2, -0.15) is 4.98 Å². The molecule has 0 unspecified atom stereocenters. The molecule has 3 aromatic rings. The number of aromatic nitrogens is 4. The minimum absolute atomic E-state index is 0.404. The number of hydrogen-bond acceptors (Lipinski definition) is 6. The van der Waals surface area contributed by atoms with E-state index in [2.05, 4.69) is 56.5 Å². The smallest absolute Gasteiger partial charge is 0.243 e. The van der Waals surface area contributed by atoms with Crippen LogP contribution < -0.4 is 11.1 Å². The standard InChI is InChI=1S/C21H29N7/c1-2-3-10-23-21-25-19(22)20-24-14-18(28(20)26-21)13-16-6-8-17(9-7-16)15-27-11-4-5-12-27/h6-9,14H,2-5,10-13,15H2,1H3,(H3,22,23,25,26). The van der Waals surface area contributed by atoms with Gasteiger partial charge in [-0.3, -0.25) is 4.90 Å². The summed E-state index contributed by atoms with van der Waals surface area (Å²) in [6, 6.07) is 8.88. The Balaban J connectivity index is 1.49. The van der Waals surface area contributed by atoms with Crippen LogP contribution in [0.15, 0.2) is 30.5 Å². The maximum atomic E-state index is 6.09. The van der Waals surface area contributed by atoms with Gasteiger partial charge in [0, 0.05) is 19.5 Å². The van der Waals surface area contributed by atoms with Crippen LogP contribution in [0.3, 0.4) is 0 Å². The van der Waals surface area contributed by atoms with Gasteiger partial charge < -0.3 is 11.1 Å². The van der Waals surface area contributed by atoms with Crippen molar-refractivity contribution in [3.63, 3.8) is 0 Å². The largest absolute Gasteiger partial charge is 0.380 e. The van der Waals surface area contributed by atoms with E-state index in [0.717, 1.165) is 38.0 Å². The maximum Gasteiger partial charge on any atom is 0.243 e. The van der Waals surface area contributed by atoms with Crippen molar-refractivity contribution in [2.75, 3.05) is 30.7 Å². The van der Waals surface area contributed by atoms with Crippen molar-refractivity contribution in [3.8, 4) is 0 Å². The fraction of sp³-hybridized carbons (Fsp3) is 0.476. The number of rotatable bonds is 8. The molecule has 3 heterocycles. The third-order valence-electron chi connectivity index (χ3n) is 5.29. The van der Waals surface area contributed by atoms with E-state index in [1.807, 2.05) is 10.7 Å². The van der Waals surface area contributed by atoms with E-state index >= 15 is 0 Å². The Bertz CT molecular complexity index is 910. The van der Waals surface area contributed by atoms with Gasteiger partial charge in [-0.25, -0.2) is 9.50 Å². The van der Waals surface area contributed by atoms with Gasteiger partial charge in [0.15, 0.2) is 11.5 Å². The SMILES string of the molecule is CCCCNc1nc(N)c2ncc(Cc3ccc(CN4CCCC4)cc3)n2n1. The first-order valence-electron chi connectivity index (χ1n) is 10.3. The van der Waals surface area contributed by atoms with Crippen LogP contribution in [-0.4, -0.2) is 44.1 Å². The summed E-state index contributed by atoms with van der Waals surface area (Å²) in [6.07, 6.45) is 7.44. The highest BCUT2D eigenvalue weighted by Gasteiger charge is 2.13. The van der Waals surface area contributed by atoms with Crippen LogP contribution in [0.5, 0.6) is 0 Å². The Hall–Kier alpha value is -2.67. The molecule has 0 radical (unpaired) electrons. The first kappa shape index (κ1) is 18.7. The number of nitrogens with one attached hydrogen (secondary N) is 1. The molecule has 0 atom stereocenters. The molecule has 2 aromatic heterocycles. The summed E-state index contributed by atoms with van der Waals surface area (Å²) in [7, 11) is 0. The first-order valence-corrected chi connectivity index (χ1v) is 10.3. The number of anilines is 2. The van der Waals surface area contributed by atoms with Gasteiger partial charge in [-0.05, 0) is 43.5 Å². The fourth-order valence-corrected chi connectivity index (χ4v) is 3.69. The van der Waals surface area contributed by atoms with Crippen molar-refractivity contribution < 1.29 is 0 Å². The summed E-state index contributed by atoms with van der Waals surface area (Å²) < 4.78 is 1.81. The molecule has 0 saturated carbocycles. The predicted octanol–water partition coefficient (Wildman–Crippen LogP) is 3.11. The van der Waals surface area contributed by atoms with Gasteiger partial charge in [0.1, 0.15) is 0 Å². The summed E-state index contributed by atoms with van der Waals surface area (Å²) in [5.41, 5.74) is 10.3. The number of nitrogens with zero attached hydrogens (tertiary/aromatic N) is 5. The number of hydrogen-bond donors (Lipinski definition) is 2. The minimum Gasteiger partial charge on any atom is -0.380 e. The molecule has 0 aliphatic carbocycles. The van der Waals surface area contributed by atoms with Gasteiger partial charge in [0.2, 0.25) is 5.95 Å². The van der Waals surface area contributed by atoms with E-state index < -0.39 is 0 Å². The van der Waals surface area contributed by atoms with Crippen molar-refractivity contribution in [1.29, 1.82) is 0 Å². The number of nitrogen functional groups attached to an aromatic ring is 1. The van der Waals surface area contributed by atoms with E-state index in [0.29, 0.717) is 17.4 Å². The van der Waals surface area contributed by atoms with E-state index in [-0.39, 0.29) is 0 Å². The van der Waals surface area contributed by atoms with Crippen LogP contribution in [-0.2, 0) is 13.0 Å². The number of nitrogens with two attached hydrogens (primary N) is 1. The van der Waals surface area contributed by atoms with E-state index in [1.165, 1.54) is 37.1 Å². The van der Waals surface area contributed by atoms with Crippen molar-refractivity contribution in [3.05, 3.63) is 47.3 Å². The van der Waals surface area contributed by atoms with Crippen molar-refractivity contribution in [2.24, 2.45) is 0 Å². The number of unbranched alkanes of at least 4 members (excludes halogenated alkanes) is 1. The molecule has 1 aromatic carbocycles. The predicted molar refractivity (Wildman–Crippen MR) is 112 cm³/mol. The number of likely N-dealkylation sites (tertiary alicyclic amines) is 1. The Labute approximate surface area is 166 Å². The molecule has 1 fully saturated rings. The summed E-state index contributed by atoms with van der Waals surface area (Å²) in [5, 5.41) is 7.84. The van der Waals surface area contributed by atoms with Gasteiger partial charge in [0.05, 0.1) is 11.9 Å². The normalized spacial score (nSPS) is 14.8. The molecule has 1 saturated heterocycles. The molecule has 4 rings (SSSR count). The Morgan fingerprint density at radius 2 is 1.86 bits per heavy atom. The zero-order valence-corrected chi connectivity index (χ0v) is 16.6.